The quantitative estimate of drug-likeness (QED) is 0.687. The molecule has 7 heteroatoms. The van der Waals surface area contributed by atoms with E-state index in [1.807, 2.05) is 6.92 Å². The Hall–Kier alpha value is -1.79. The Morgan fingerprint density at radius 1 is 1.20 bits per heavy atom. The van der Waals surface area contributed by atoms with Gasteiger partial charge in [-0.25, -0.2) is 9.59 Å². The first-order valence-electron chi connectivity index (χ1n) is 7.10. The number of carbonyl (C=O) groups is 3. The van der Waals surface area contributed by atoms with Crippen LogP contribution in [-0.2, 0) is 9.59 Å². The summed E-state index contributed by atoms with van der Waals surface area (Å²) in [6.45, 7) is 2.80. The zero-order valence-corrected chi connectivity index (χ0v) is 11.9. The van der Waals surface area contributed by atoms with E-state index in [1.165, 1.54) is 4.90 Å². The Morgan fingerprint density at radius 2 is 1.95 bits per heavy atom. The largest absolute Gasteiger partial charge is 0.480 e. The summed E-state index contributed by atoms with van der Waals surface area (Å²) < 4.78 is 0. The van der Waals surface area contributed by atoms with Gasteiger partial charge in [-0.3, -0.25) is 4.79 Å². The number of carboxylic acid groups (broad SMARTS) is 1. The van der Waals surface area contributed by atoms with Crippen LogP contribution in [0.4, 0.5) is 4.79 Å². The molecular formula is C13H23N3O4. The summed E-state index contributed by atoms with van der Waals surface area (Å²) in [6.07, 6.45) is 3.80. The molecule has 0 aromatic carbocycles. The van der Waals surface area contributed by atoms with Crippen LogP contribution in [0.25, 0.3) is 0 Å². The predicted octanol–water partition coefficient (Wildman–Crippen LogP) is 0.551. The van der Waals surface area contributed by atoms with Crippen molar-refractivity contribution in [1.29, 1.82) is 0 Å². The van der Waals surface area contributed by atoms with Crippen molar-refractivity contribution >= 4 is 17.9 Å². The molecule has 0 saturated carbocycles. The van der Waals surface area contributed by atoms with Crippen molar-refractivity contribution in [1.82, 2.24) is 15.5 Å². The number of hydrogen-bond acceptors (Lipinski definition) is 3. The molecule has 1 aliphatic heterocycles. The maximum absolute atomic E-state index is 12.0. The van der Waals surface area contributed by atoms with Crippen LogP contribution >= 0.6 is 0 Å². The number of hydrogen-bond donors (Lipinski definition) is 3. The lowest BCUT2D eigenvalue weighted by Crippen LogP contribution is -2.51. The first-order valence-corrected chi connectivity index (χ1v) is 7.10. The highest BCUT2D eigenvalue weighted by Crippen LogP contribution is 2.17. The molecule has 1 heterocycles. The normalized spacial score (nSPS) is 19.1. The average molecular weight is 285 g/mol. The van der Waals surface area contributed by atoms with Crippen molar-refractivity contribution in [2.75, 3.05) is 19.6 Å². The topological polar surface area (TPSA) is 98.7 Å². The van der Waals surface area contributed by atoms with E-state index in [-0.39, 0.29) is 12.5 Å². The highest BCUT2D eigenvalue weighted by atomic mass is 16.4. The second kappa shape index (κ2) is 8.39. The lowest BCUT2D eigenvalue weighted by atomic mass is 10.1. The van der Waals surface area contributed by atoms with Crippen LogP contribution in [0.1, 0.15) is 39.0 Å². The molecule has 1 atom stereocenters. The zero-order valence-electron chi connectivity index (χ0n) is 11.9. The molecule has 1 aliphatic rings. The minimum Gasteiger partial charge on any atom is -0.480 e. The van der Waals surface area contributed by atoms with Crippen LogP contribution in [0.5, 0.6) is 0 Å². The van der Waals surface area contributed by atoms with Gasteiger partial charge in [-0.05, 0) is 19.3 Å². The van der Waals surface area contributed by atoms with Gasteiger partial charge in [0.25, 0.3) is 0 Å². The van der Waals surface area contributed by atoms with Crippen molar-refractivity contribution in [2.24, 2.45) is 0 Å². The Balaban J connectivity index is 2.50. The minimum atomic E-state index is -0.988. The van der Waals surface area contributed by atoms with Gasteiger partial charge in [0.15, 0.2) is 0 Å². The number of carboxylic acids is 1. The number of aliphatic carboxylic acids is 1. The van der Waals surface area contributed by atoms with Gasteiger partial charge in [0.2, 0.25) is 5.91 Å². The first kappa shape index (κ1) is 16.3. The molecule has 3 amide bonds. The fraction of sp³-hybridized carbons (Fsp3) is 0.769. The van der Waals surface area contributed by atoms with E-state index < -0.39 is 18.0 Å². The summed E-state index contributed by atoms with van der Waals surface area (Å²) >= 11 is 0. The number of urea groups is 1. The summed E-state index contributed by atoms with van der Waals surface area (Å²) in [5.41, 5.74) is 0. The van der Waals surface area contributed by atoms with Gasteiger partial charge in [0.05, 0.1) is 6.54 Å². The molecule has 1 unspecified atom stereocenters. The van der Waals surface area contributed by atoms with E-state index in [9.17, 15) is 19.5 Å². The second-order valence-electron chi connectivity index (χ2n) is 4.91. The summed E-state index contributed by atoms with van der Waals surface area (Å²) in [5, 5.41) is 14.3. The van der Waals surface area contributed by atoms with Crippen molar-refractivity contribution in [3.05, 3.63) is 0 Å². The van der Waals surface area contributed by atoms with E-state index in [4.69, 9.17) is 0 Å². The third-order valence-electron chi connectivity index (χ3n) is 3.27. The summed E-state index contributed by atoms with van der Waals surface area (Å²) in [6, 6.07) is -1.28. The number of nitrogens with zero attached hydrogens (tertiary/aromatic N) is 1. The number of likely N-dealkylation sites (tertiary alicyclic amines) is 1. The SMILES string of the molecule is CCCNC(=O)CNC(=O)N1CCCCCC1C(=O)O. The van der Waals surface area contributed by atoms with E-state index in [0.29, 0.717) is 19.5 Å². The molecule has 0 spiro atoms. The Morgan fingerprint density at radius 3 is 2.60 bits per heavy atom. The molecule has 1 fully saturated rings. The van der Waals surface area contributed by atoms with Gasteiger partial charge < -0.3 is 20.6 Å². The summed E-state index contributed by atoms with van der Waals surface area (Å²) in [5.74, 6) is -1.25. The average Bonchev–Trinajstić information content (AvgIpc) is 2.68. The van der Waals surface area contributed by atoms with Crippen molar-refractivity contribution in [2.45, 2.75) is 45.1 Å². The third kappa shape index (κ3) is 5.07. The lowest BCUT2D eigenvalue weighted by Gasteiger charge is -2.26. The number of amides is 3. The molecule has 114 valence electrons. The van der Waals surface area contributed by atoms with Crippen LogP contribution in [0.3, 0.4) is 0 Å². The van der Waals surface area contributed by atoms with E-state index in [1.54, 1.807) is 0 Å². The van der Waals surface area contributed by atoms with Crippen LogP contribution in [0, 0.1) is 0 Å². The molecule has 0 aromatic heterocycles. The monoisotopic (exact) mass is 285 g/mol. The van der Waals surface area contributed by atoms with Crippen molar-refractivity contribution < 1.29 is 19.5 Å². The molecule has 0 aromatic rings. The minimum absolute atomic E-state index is 0.123. The molecule has 0 aliphatic carbocycles. The number of nitrogens with one attached hydrogen (secondary N) is 2. The molecule has 7 nitrogen and oxygen atoms in total. The van der Waals surface area contributed by atoms with Crippen LogP contribution in [0.15, 0.2) is 0 Å². The van der Waals surface area contributed by atoms with E-state index in [0.717, 1.165) is 25.7 Å². The smallest absolute Gasteiger partial charge is 0.326 e. The van der Waals surface area contributed by atoms with Gasteiger partial charge in [-0.2, -0.15) is 0 Å². The van der Waals surface area contributed by atoms with Crippen LogP contribution in [0.2, 0.25) is 0 Å². The fourth-order valence-electron chi connectivity index (χ4n) is 2.19. The van der Waals surface area contributed by atoms with Gasteiger partial charge in [-0.15, -0.1) is 0 Å². The molecule has 1 rings (SSSR count). The standard InChI is InChI=1S/C13H23N3O4/c1-2-7-14-11(17)9-15-13(20)16-8-5-3-4-6-10(16)12(18)19/h10H,2-9H2,1H3,(H,14,17)(H,15,20)(H,18,19). The van der Waals surface area contributed by atoms with E-state index in [2.05, 4.69) is 10.6 Å². The summed E-state index contributed by atoms with van der Waals surface area (Å²) in [7, 11) is 0. The third-order valence-corrected chi connectivity index (χ3v) is 3.27. The lowest BCUT2D eigenvalue weighted by molar-refractivity contribution is -0.142. The molecule has 0 radical (unpaired) electrons. The molecular weight excluding hydrogens is 262 g/mol. The Bertz CT molecular complexity index is 360. The maximum Gasteiger partial charge on any atom is 0.326 e. The van der Waals surface area contributed by atoms with Gasteiger partial charge in [-0.1, -0.05) is 19.8 Å². The van der Waals surface area contributed by atoms with Gasteiger partial charge in [0.1, 0.15) is 6.04 Å². The molecule has 20 heavy (non-hydrogen) atoms. The fourth-order valence-corrected chi connectivity index (χ4v) is 2.19. The Labute approximate surface area is 118 Å². The van der Waals surface area contributed by atoms with Crippen LogP contribution < -0.4 is 10.6 Å². The number of rotatable bonds is 5. The highest BCUT2D eigenvalue weighted by Gasteiger charge is 2.30. The predicted molar refractivity (Wildman–Crippen MR) is 73.3 cm³/mol. The number of carbonyl (C=O) groups excluding carboxylic acids is 2. The summed E-state index contributed by atoms with van der Waals surface area (Å²) in [4.78, 5) is 35.9. The second-order valence-corrected chi connectivity index (χ2v) is 4.91. The van der Waals surface area contributed by atoms with Gasteiger partial charge >= 0.3 is 12.0 Å². The maximum atomic E-state index is 12.0. The highest BCUT2D eigenvalue weighted by molar-refractivity contribution is 5.86. The molecule has 0 bridgehead atoms. The zero-order chi connectivity index (χ0) is 15.0. The van der Waals surface area contributed by atoms with Crippen molar-refractivity contribution in [3.8, 4) is 0 Å². The van der Waals surface area contributed by atoms with E-state index >= 15 is 0 Å². The van der Waals surface area contributed by atoms with Gasteiger partial charge in [0, 0.05) is 13.1 Å². The van der Waals surface area contributed by atoms with Crippen LogP contribution in [-0.4, -0.2) is 53.6 Å². The first-order chi connectivity index (χ1) is 9.56. The molecule has 1 saturated heterocycles. The van der Waals surface area contributed by atoms with Crippen molar-refractivity contribution in [3.63, 3.8) is 0 Å². The molecule has 3 N–H and O–H groups in total. The Kier molecular flexibility index (Phi) is 6.83.